The van der Waals surface area contributed by atoms with E-state index in [-0.39, 0.29) is 12.1 Å². The highest BCUT2D eigenvalue weighted by atomic mass is 16.2. The van der Waals surface area contributed by atoms with Crippen LogP contribution < -0.4 is 21.3 Å². The van der Waals surface area contributed by atoms with Crippen LogP contribution in [-0.2, 0) is 0 Å². The minimum absolute atomic E-state index is 0.0855. The predicted octanol–water partition coefficient (Wildman–Crippen LogP) is 3.61. The molecule has 1 aromatic carbocycles. The van der Waals surface area contributed by atoms with Gasteiger partial charge in [-0.15, -0.1) is 0 Å². The molecule has 1 saturated heterocycles. The van der Waals surface area contributed by atoms with E-state index in [2.05, 4.69) is 53.5 Å². The number of urea groups is 1. The number of nitrogens with two attached hydrogens (primary N) is 1. The molecule has 184 valence electrons. The second kappa shape index (κ2) is 10.5. The molecule has 1 aliphatic rings. The minimum Gasteiger partial charge on any atom is -0.378 e. The van der Waals surface area contributed by atoms with Crippen molar-refractivity contribution in [1.82, 2.24) is 19.9 Å². The molecule has 3 aromatic rings. The van der Waals surface area contributed by atoms with Crippen LogP contribution in [0.1, 0.15) is 44.5 Å². The summed E-state index contributed by atoms with van der Waals surface area (Å²) >= 11 is 0. The van der Waals surface area contributed by atoms with Gasteiger partial charge in [0, 0.05) is 50.0 Å². The molecule has 10 nitrogen and oxygen atoms in total. The quantitative estimate of drug-likeness (QED) is 0.365. The minimum atomic E-state index is -0.418. The van der Waals surface area contributed by atoms with Crippen LogP contribution in [0, 0.1) is 5.41 Å². The van der Waals surface area contributed by atoms with Crippen LogP contribution in [0.15, 0.2) is 36.5 Å². The Morgan fingerprint density at radius 2 is 1.91 bits per heavy atom. The number of hydrogen-bond donors (Lipinski definition) is 4. The van der Waals surface area contributed by atoms with Gasteiger partial charge < -0.3 is 31.6 Å². The van der Waals surface area contributed by atoms with E-state index in [1.807, 2.05) is 29.3 Å². The second-order valence-electron chi connectivity index (χ2n) is 8.87. The van der Waals surface area contributed by atoms with E-state index in [0.29, 0.717) is 49.3 Å². The lowest BCUT2D eigenvalue weighted by atomic mass is 10.1. The lowest BCUT2D eigenvalue weighted by molar-refractivity contribution is 0.204. The summed E-state index contributed by atoms with van der Waals surface area (Å²) in [6.45, 7) is 8.41. The molecule has 1 aliphatic heterocycles. The van der Waals surface area contributed by atoms with Crippen molar-refractivity contribution in [2.75, 3.05) is 41.7 Å². The van der Waals surface area contributed by atoms with Crippen LogP contribution in [0.5, 0.6) is 0 Å². The van der Waals surface area contributed by atoms with E-state index in [1.54, 1.807) is 4.90 Å². The van der Waals surface area contributed by atoms with E-state index in [1.165, 1.54) is 6.21 Å². The molecule has 5 N–H and O–H groups in total. The van der Waals surface area contributed by atoms with Gasteiger partial charge in [-0.1, -0.05) is 25.1 Å². The molecule has 4 rings (SSSR count). The molecule has 3 heterocycles. The van der Waals surface area contributed by atoms with Gasteiger partial charge in [-0.3, -0.25) is 4.98 Å². The molecule has 35 heavy (non-hydrogen) atoms. The first-order valence-corrected chi connectivity index (χ1v) is 12.0. The number of hydrogen-bond acceptors (Lipinski definition) is 8. The first-order chi connectivity index (χ1) is 16.9. The number of rotatable bonds is 8. The fourth-order valence-corrected chi connectivity index (χ4v) is 4.05. The monoisotopic (exact) mass is 475 g/mol. The Balaban J connectivity index is 1.67. The third kappa shape index (κ3) is 5.42. The van der Waals surface area contributed by atoms with Crippen molar-refractivity contribution in [3.63, 3.8) is 0 Å². The number of benzene rings is 1. The summed E-state index contributed by atoms with van der Waals surface area (Å²) in [5.74, 6) is 1.15. The van der Waals surface area contributed by atoms with Gasteiger partial charge in [0.05, 0.1) is 11.6 Å². The van der Waals surface area contributed by atoms with E-state index in [9.17, 15) is 4.79 Å². The molecular formula is C25H33N9O. The van der Waals surface area contributed by atoms with Crippen molar-refractivity contribution in [2.24, 2.45) is 5.73 Å². The van der Waals surface area contributed by atoms with Gasteiger partial charge in [-0.25, -0.2) is 9.78 Å². The van der Waals surface area contributed by atoms with E-state index in [4.69, 9.17) is 16.1 Å². The first-order valence-electron chi connectivity index (χ1n) is 12.0. The fourth-order valence-electron chi connectivity index (χ4n) is 4.05. The Labute approximate surface area is 205 Å². The van der Waals surface area contributed by atoms with E-state index < -0.39 is 6.03 Å². The number of amides is 2. The molecule has 0 spiro atoms. The zero-order chi connectivity index (χ0) is 24.9. The summed E-state index contributed by atoms with van der Waals surface area (Å²) in [5.41, 5.74) is 8.63. The van der Waals surface area contributed by atoms with Crippen molar-refractivity contribution in [2.45, 2.75) is 39.3 Å². The molecule has 0 bridgehead atoms. The number of para-hydroxylation sites is 1. The molecule has 2 atom stereocenters. The van der Waals surface area contributed by atoms with Gasteiger partial charge in [0.15, 0.2) is 5.82 Å². The molecule has 2 amide bonds. The number of piperazine rings is 1. The van der Waals surface area contributed by atoms with Crippen LogP contribution in [-0.4, -0.2) is 64.3 Å². The number of anilines is 3. The van der Waals surface area contributed by atoms with Gasteiger partial charge >= 0.3 is 6.03 Å². The number of aromatic nitrogens is 3. The maximum absolute atomic E-state index is 11.5. The third-order valence-electron chi connectivity index (χ3n) is 6.40. The lowest BCUT2D eigenvalue weighted by Crippen LogP contribution is -2.51. The van der Waals surface area contributed by atoms with Gasteiger partial charge in [-0.05, 0) is 38.0 Å². The SMILES string of the molecule is CC[C@H](C)Nc1c(C=N)nc(N2CCN(C(N)=O)CC2)nc1N[C@H](C)c1cnc2ccccc2c1. The summed E-state index contributed by atoms with van der Waals surface area (Å²) in [6.07, 6.45) is 4.05. The highest BCUT2D eigenvalue weighted by Crippen LogP contribution is 2.30. The number of carbonyl (C=O) groups is 1. The van der Waals surface area contributed by atoms with Crippen molar-refractivity contribution < 1.29 is 4.79 Å². The highest BCUT2D eigenvalue weighted by molar-refractivity contribution is 5.89. The molecule has 0 aliphatic carbocycles. The zero-order valence-electron chi connectivity index (χ0n) is 20.5. The third-order valence-corrected chi connectivity index (χ3v) is 6.40. The number of nitrogens with one attached hydrogen (secondary N) is 3. The van der Waals surface area contributed by atoms with Crippen molar-refractivity contribution in [3.05, 3.63) is 47.8 Å². The number of primary amides is 1. The Bertz CT molecular complexity index is 1210. The van der Waals surface area contributed by atoms with E-state index >= 15 is 0 Å². The largest absolute Gasteiger partial charge is 0.378 e. The number of pyridine rings is 1. The number of fused-ring (bicyclic) bond motifs is 1. The predicted molar refractivity (Wildman–Crippen MR) is 140 cm³/mol. The zero-order valence-corrected chi connectivity index (χ0v) is 20.5. The first kappa shape index (κ1) is 24.2. The van der Waals surface area contributed by atoms with Crippen LogP contribution in [0.2, 0.25) is 0 Å². The normalized spacial score (nSPS) is 15.5. The van der Waals surface area contributed by atoms with E-state index in [0.717, 1.165) is 22.9 Å². The smallest absolute Gasteiger partial charge is 0.314 e. The second-order valence-corrected chi connectivity index (χ2v) is 8.87. The summed E-state index contributed by atoms with van der Waals surface area (Å²) in [7, 11) is 0. The maximum atomic E-state index is 11.5. The van der Waals surface area contributed by atoms with Crippen molar-refractivity contribution >= 4 is 40.6 Å². The number of nitrogens with zero attached hydrogens (tertiary/aromatic N) is 5. The van der Waals surface area contributed by atoms with Crippen molar-refractivity contribution in [3.8, 4) is 0 Å². The molecule has 2 aromatic heterocycles. The standard InChI is InChI=1S/C25H33N9O/c1-4-16(2)29-22-21(14-26)31-25(34-11-9-33(10-12-34)24(27)35)32-23(22)30-17(3)19-13-18-7-5-6-8-20(18)28-15-19/h5-8,13-17,26,29H,4,9-12H2,1-3H3,(H2,27,35)(H,30,31,32)/t16-,17+/m0/s1. The number of carbonyl (C=O) groups excluding carboxylic acids is 1. The van der Waals surface area contributed by atoms with Crippen LogP contribution in [0.25, 0.3) is 10.9 Å². The lowest BCUT2D eigenvalue weighted by Gasteiger charge is -2.34. The average Bonchev–Trinajstić information content (AvgIpc) is 2.89. The summed E-state index contributed by atoms with van der Waals surface area (Å²) < 4.78 is 0. The summed E-state index contributed by atoms with van der Waals surface area (Å²) in [4.78, 5) is 29.3. The maximum Gasteiger partial charge on any atom is 0.314 e. The Morgan fingerprint density at radius 3 is 2.60 bits per heavy atom. The fraction of sp³-hybridized carbons (Fsp3) is 0.400. The molecule has 0 unspecified atom stereocenters. The van der Waals surface area contributed by atoms with Crippen LogP contribution in [0.3, 0.4) is 0 Å². The molecule has 0 radical (unpaired) electrons. The highest BCUT2D eigenvalue weighted by Gasteiger charge is 2.24. The average molecular weight is 476 g/mol. The topological polar surface area (TPSA) is 136 Å². The van der Waals surface area contributed by atoms with Crippen molar-refractivity contribution in [1.29, 1.82) is 5.41 Å². The Hall–Kier alpha value is -3.95. The Kier molecular flexibility index (Phi) is 7.28. The summed E-state index contributed by atoms with van der Waals surface area (Å²) in [5, 5.41) is 16.1. The van der Waals surface area contributed by atoms with Gasteiger partial charge in [-0.2, -0.15) is 4.98 Å². The molecule has 1 fully saturated rings. The Morgan fingerprint density at radius 1 is 1.17 bits per heavy atom. The summed E-state index contributed by atoms with van der Waals surface area (Å²) in [6, 6.07) is 9.84. The van der Waals surface area contributed by atoms with Crippen LogP contribution in [0.4, 0.5) is 22.2 Å². The van der Waals surface area contributed by atoms with Gasteiger partial charge in [0.25, 0.3) is 0 Å². The molecular weight excluding hydrogens is 442 g/mol. The van der Waals surface area contributed by atoms with Crippen LogP contribution >= 0.6 is 0 Å². The molecule has 10 heteroatoms. The van der Waals surface area contributed by atoms with Gasteiger partial charge in [0.2, 0.25) is 5.95 Å². The van der Waals surface area contributed by atoms with Gasteiger partial charge in [0.1, 0.15) is 11.4 Å². The molecule has 0 saturated carbocycles.